The summed E-state index contributed by atoms with van der Waals surface area (Å²) in [5, 5.41) is 14.4. The van der Waals surface area contributed by atoms with Crippen LogP contribution in [0.2, 0.25) is 0 Å². The molecule has 0 fully saturated rings. The topological polar surface area (TPSA) is 90.9 Å². The van der Waals surface area contributed by atoms with Crippen LogP contribution in [-0.2, 0) is 0 Å². The highest BCUT2D eigenvalue weighted by atomic mass is 16.4. The molecule has 19 heavy (non-hydrogen) atoms. The van der Waals surface area contributed by atoms with E-state index >= 15 is 0 Å². The summed E-state index contributed by atoms with van der Waals surface area (Å²) in [6.45, 7) is 1.67. The van der Waals surface area contributed by atoms with Crippen LogP contribution >= 0.6 is 0 Å². The van der Waals surface area contributed by atoms with Gasteiger partial charge in [-0.25, -0.2) is 4.98 Å². The summed E-state index contributed by atoms with van der Waals surface area (Å²) in [4.78, 5) is 15.3. The van der Waals surface area contributed by atoms with E-state index in [0.717, 1.165) is 0 Å². The van der Waals surface area contributed by atoms with Crippen LogP contribution in [-0.4, -0.2) is 17.9 Å². The number of nitriles is 1. The Bertz CT molecular complexity index is 638. The zero-order valence-electron chi connectivity index (χ0n) is 10.5. The van der Waals surface area contributed by atoms with Gasteiger partial charge in [0, 0.05) is 25.2 Å². The summed E-state index contributed by atoms with van der Waals surface area (Å²) in [7, 11) is 1.57. The van der Waals surface area contributed by atoms with Gasteiger partial charge in [-0.3, -0.25) is 4.79 Å². The molecule has 0 atom stereocenters. The number of hydrogen-bond acceptors (Lipinski definition) is 5. The molecule has 0 unspecified atom stereocenters. The number of oxazole rings is 1. The third-order valence-electron chi connectivity index (χ3n) is 2.47. The van der Waals surface area contributed by atoms with Crippen molar-refractivity contribution in [1.29, 1.82) is 5.26 Å². The lowest BCUT2D eigenvalue weighted by Crippen LogP contribution is -2.17. The van der Waals surface area contributed by atoms with E-state index in [4.69, 9.17) is 9.68 Å². The molecule has 1 aromatic heterocycles. The summed E-state index contributed by atoms with van der Waals surface area (Å²) in [5.41, 5.74) is 1.47. The molecule has 0 bridgehead atoms. The highest BCUT2D eigenvalue weighted by molar-refractivity contribution is 5.94. The van der Waals surface area contributed by atoms with Crippen LogP contribution in [0.15, 0.2) is 28.7 Å². The number of rotatable bonds is 3. The van der Waals surface area contributed by atoms with Crippen molar-refractivity contribution in [3.05, 3.63) is 41.4 Å². The SMILES string of the molecule is CNC(=O)c1ccc(Nc2oc(C)nc2C#N)cc1. The highest BCUT2D eigenvalue weighted by Crippen LogP contribution is 2.21. The third kappa shape index (κ3) is 2.72. The molecule has 0 radical (unpaired) electrons. The number of nitrogens with one attached hydrogen (secondary N) is 2. The van der Waals surface area contributed by atoms with E-state index in [2.05, 4.69) is 15.6 Å². The van der Waals surface area contributed by atoms with Crippen LogP contribution in [0.1, 0.15) is 21.9 Å². The normalized spacial score (nSPS) is 9.74. The molecule has 0 saturated heterocycles. The summed E-state index contributed by atoms with van der Waals surface area (Å²) in [5.74, 6) is 0.563. The average molecular weight is 256 g/mol. The van der Waals surface area contributed by atoms with Crippen LogP contribution in [0, 0.1) is 18.3 Å². The Labute approximate surface area is 110 Å². The Kier molecular flexibility index (Phi) is 3.48. The molecule has 6 nitrogen and oxygen atoms in total. The number of carbonyl (C=O) groups excluding carboxylic acids is 1. The Morgan fingerprint density at radius 2 is 2.05 bits per heavy atom. The summed E-state index contributed by atoms with van der Waals surface area (Å²) < 4.78 is 5.28. The summed E-state index contributed by atoms with van der Waals surface area (Å²) in [6, 6.07) is 8.75. The third-order valence-corrected chi connectivity index (χ3v) is 2.47. The molecule has 2 aromatic rings. The Balaban J connectivity index is 2.20. The first kappa shape index (κ1) is 12.6. The zero-order valence-corrected chi connectivity index (χ0v) is 10.5. The standard InChI is InChI=1S/C13H12N4O2/c1-8-16-11(7-14)13(19-8)17-10-5-3-9(4-6-10)12(18)15-2/h3-6,17H,1-2H3,(H,15,18). The molecule has 0 aliphatic rings. The number of anilines is 2. The first-order valence-corrected chi connectivity index (χ1v) is 5.60. The fourth-order valence-electron chi connectivity index (χ4n) is 1.57. The minimum atomic E-state index is -0.153. The van der Waals surface area contributed by atoms with Gasteiger partial charge in [0.1, 0.15) is 6.07 Å². The predicted octanol–water partition coefficient (Wildman–Crippen LogP) is 1.96. The first-order valence-electron chi connectivity index (χ1n) is 5.60. The lowest BCUT2D eigenvalue weighted by atomic mass is 10.2. The molecule has 2 rings (SSSR count). The van der Waals surface area contributed by atoms with Gasteiger partial charge in [-0.15, -0.1) is 0 Å². The predicted molar refractivity (Wildman–Crippen MR) is 69.1 cm³/mol. The Morgan fingerprint density at radius 1 is 1.37 bits per heavy atom. The van der Waals surface area contributed by atoms with Crippen molar-refractivity contribution in [1.82, 2.24) is 10.3 Å². The molecule has 0 saturated carbocycles. The highest BCUT2D eigenvalue weighted by Gasteiger charge is 2.10. The van der Waals surface area contributed by atoms with Gasteiger partial charge >= 0.3 is 0 Å². The molecule has 96 valence electrons. The second-order valence-corrected chi connectivity index (χ2v) is 3.80. The molecule has 1 heterocycles. The van der Waals surface area contributed by atoms with Crippen molar-refractivity contribution in [3.63, 3.8) is 0 Å². The summed E-state index contributed by atoms with van der Waals surface area (Å²) >= 11 is 0. The fourth-order valence-corrected chi connectivity index (χ4v) is 1.57. The van der Waals surface area contributed by atoms with Crippen LogP contribution in [0.5, 0.6) is 0 Å². The van der Waals surface area contributed by atoms with Crippen LogP contribution in [0.4, 0.5) is 11.6 Å². The van der Waals surface area contributed by atoms with Gasteiger partial charge in [-0.1, -0.05) is 0 Å². The second kappa shape index (κ2) is 5.23. The second-order valence-electron chi connectivity index (χ2n) is 3.80. The van der Waals surface area contributed by atoms with Crippen LogP contribution in [0.3, 0.4) is 0 Å². The molecular weight excluding hydrogens is 244 g/mol. The van der Waals surface area contributed by atoms with Crippen molar-refractivity contribution < 1.29 is 9.21 Å². The van der Waals surface area contributed by atoms with E-state index in [-0.39, 0.29) is 11.6 Å². The minimum Gasteiger partial charge on any atom is -0.424 e. The number of aromatic nitrogens is 1. The van der Waals surface area contributed by atoms with E-state index < -0.39 is 0 Å². The maximum atomic E-state index is 11.4. The van der Waals surface area contributed by atoms with Gasteiger partial charge < -0.3 is 15.1 Å². The van der Waals surface area contributed by atoms with E-state index in [1.807, 2.05) is 6.07 Å². The first-order chi connectivity index (χ1) is 9.13. The van der Waals surface area contributed by atoms with Crippen molar-refractivity contribution in [2.45, 2.75) is 6.92 Å². The van der Waals surface area contributed by atoms with Crippen molar-refractivity contribution in [2.24, 2.45) is 0 Å². The smallest absolute Gasteiger partial charge is 0.251 e. The number of amides is 1. The molecule has 1 aromatic carbocycles. The summed E-state index contributed by atoms with van der Waals surface area (Å²) in [6.07, 6.45) is 0. The van der Waals surface area contributed by atoms with Gasteiger partial charge in [0.25, 0.3) is 5.91 Å². The van der Waals surface area contributed by atoms with Gasteiger partial charge in [0.05, 0.1) is 0 Å². The number of aryl methyl sites for hydroxylation is 1. The lowest BCUT2D eigenvalue weighted by Gasteiger charge is -2.04. The molecule has 2 N–H and O–H groups in total. The maximum Gasteiger partial charge on any atom is 0.251 e. The van der Waals surface area contributed by atoms with E-state index in [1.54, 1.807) is 38.2 Å². The van der Waals surface area contributed by atoms with Gasteiger partial charge in [-0.05, 0) is 24.3 Å². The van der Waals surface area contributed by atoms with Crippen molar-refractivity contribution in [2.75, 3.05) is 12.4 Å². The van der Waals surface area contributed by atoms with Gasteiger partial charge in [0.2, 0.25) is 11.6 Å². The molecule has 0 aliphatic heterocycles. The zero-order chi connectivity index (χ0) is 13.8. The van der Waals surface area contributed by atoms with E-state index in [1.165, 1.54) is 0 Å². The average Bonchev–Trinajstić information content (AvgIpc) is 2.78. The monoisotopic (exact) mass is 256 g/mol. The molecule has 0 spiro atoms. The maximum absolute atomic E-state index is 11.4. The van der Waals surface area contributed by atoms with Crippen molar-refractivity contribution in [3.8, 4) is 6.07 Å². The molecule has 0 aliphatic carbocycles. The Morgan fingerprint density at radius 3 is 2.63 bits per heavy atom. The number of hydrogen-bond donors (Lipinski definition) is 2. The molecule has 1 amide bonds. The number of carbonyl (C=O) groups is 1. The number of nitrogens with zero attached hydrogens (tertiary/aromatic N) is 2. The van der Waals surface area contributed by atoms with Crippen molar-refractivity contribution >= 4 is 17.5 Å². The lowest BCUT2D eigenvalue weighted by molar-refractivity contribution is 0.0963. The fraction of sp³-hybridized carbons (Fsp3) is 0.154. The van der Waals surface area contributed by atoms with E-state index in [0.29, 0.717) is 23.0 Å². The largest absolute Gasteiger partial charge is 0.424 e. The van der Waals surface area contributed by atoms with E-state index in [9.17, 15) is 4.79 Å². The minimum absolute atomic E-state index is 0.153. The quantitative estimate of drug-likeness (QED) is 0.875. The Hall–Kier alpha value is -2.81. The number of benzene rings is 1. The van der Waals surface area contributed by atoms with Gasteiger partial charge in [-0.2, -0.15) is 5.26 Å². The molecular formula is C13H12N4O2. The molecule has 6 heteroatoms. The van der Waals surface area contributed by atoms with Crippen LogP contribution < -0.4 is 10.6 Å². The van der Waals surface area contributed by atoms with Gasteiger partial charge in [0.15, 0.2) is 5.89 Å². The van der Waals surface area contributed by atoms with Crippen LogP contribution in [0.25, 0.3) is 0 Å².